The lowest BCUT2D eigenvalue weighted by Crippen LogP contribution is -2.14. The molecule has 4 atom stereocenters. The van der Waals surface area contributed by atoms with Gasteiger partial charge in [-0.1, -0.05) is 73.5 Å². The Hall–Kier alpha value is -2.70. The summed E-state index contributed by atoms with van der Waals surface area (Å²) < 4.78 is 20.8. The SMILES string of the molecule is O=C(CCCCC(c1ccccc1)C(CCCCC(=O)OCC1CO1)c1ccccc1)OCC1CO1. The maximum atomic E-state index is 12.0. The molecule has 0 bridgehead atoms. The second-order valence-corrected chi connectivity index (χ2v) is 9.80. The lowest BCUT2D eigenvalue weighted by atomic mass is 9.76. The van der Waals surface area contributed by atoms with Gasteiger partial charge in [0.1, 0.15) is 25.4 Å². The average molecular weight is 495 g/mol. The van der Waals surface area contributed by atoms with E-state index in [1.165, 1.54) is 11.1 Å². The number of carbonyl (C=O) groups excluding carboxylic acids is 2. The lowest BCUT2D eigenvalue weighted by Gasteiger charge is -2.29. The van der Waals surface area contributed by atoms with Gasteiger partial charge in [-0.25, -0.2) is 0 Å². The van der Waals surface area contributed by atoms with Crippen LogP contribution in [-0.2, 0) is 28.5 Å². The normalized spacial score (nSPS) is 19.8. The van der Waals surface area contributed by atoms with Gasteiger partial charge >= 0.3 is 11.9 Å². The summed E-state index contributed by atoms with van der Waals surface area (Å²) >= 11 is 0. The summed E-state index contributed by atoms with van der Waals surface area (Å²) in [5, 5.41) is 0. The second kappa shape index (κ2) is 14.1. The average Bonchev–Trinajstić information content (AvgIpc) is 3.83. The molecule has 2 aromatic carbocycles. The second-order valence-electron chi connectivity index (χ2n) is 9.80. The van der Waals surface area contributed by atoms with Gasteiger partial charge in [0, 0.05) is 12.8 Å². The number of esters is 2. The molecule has 4 rings (SSSR count). The molecular weight excluding hydrogens is 456 g/mol. The quantitative estimate of drug-likeness (QED) is 0.163. The van der Waals surface area contributed by atoms with E-state index in [0.29, 0.717) is 51.1 Å². The molecule has 2 aliphatic heterocycles. The third-order valence-electron chi connectivity index (χ3n) is 6.90. The number of rotatable bonds is 17. The third-order valence-corrected chi connectivity index (χ3v) is 6.90. The summed E-state index contributed by atoms with van der Waals surface area (Å²) in [5.41, 5.74) is 2.65. The van der Waals surface area contributed by atoms with Crippen molar-refractivity contribution in [3.63, 3.8) is 0 Å². The third kappa shape index (κ3) is 9.40. The molecule has 0 spiro atoms. The molecule has 0 amide bonds. The van der Waals surface area contributed by atoms with Crippen molar-refractivity contribution in [3.8, 4) is 0 Å². The first-order chi connectivity index (χ1) is 17.7. The van der Waals surface area contributed by atoms with E-state index >= 15 is 0 Å². The van der Waals surface area contributed by atoms with Crippen LogP contribution in [0.3, 0.4) is 0 Å². The molecule has 2 aliphatic rings. The van der Waals surface area contributed by atoms with Crippen molar-refractivity contribution in [2.45, 2.75) is 75.4 Å². The molecule has 2 aromatic rings. The lowest BCUT2D eigenvalue weighted by molar-refractivity contribution is -0.145. The summed E-state index contributed by atoms with van der Waals surface area (Å²) in [6.07, 6.45) is 6.61. The molecule has 36 heavy (non-hydrogen) atoms. The number of epoxide rings is 2. The van der Waals surface area contributed by atoms with Crippen LogP contribution in [0.25, 0.3) is 0 Å². The Balaban J connectivity index is 1.32. The van der Waals surface area contributed by atoms with Crippen LogP contribution in [-0.4, -0.2) is 50.6 Å². The fraction of sp³-hybridized carbons (Fsp3) is 0.533. The van der Waals surface area contributed by atoms with E-state index in [1.807, 2.05) is 0 Å². The molecule has 0 saturated carbocycles. The molecule has 2 saturated heterocycles. The first-order valence-corrected chi connectivity index (χ1v) is 13.3. The minimum Gasteiger partial charge on any atom is -0.463 e. The summed E-state index contributed by atoms with van der Waals surface area (Å²) in [6, 6.07) is 21.3. The van der Waals surface area contributed by atoms with Crippen LogP contribution in [0.2, 0.25) is 0 Å². The molecule has 6 nitrogen and oxygen atoms in total. The van der Waals surface area contributed by atoms with Crippen molar-refractivity contribution in [3.05, 3.63) is 71.8 Å². The van der Waals surface area contributed by atoms with Crippen LogP contribution in [0.5, 0.6) is 0 Å². The van der Waals surface area contributed by atoms with Gasteiger partial charge in [-0.15, -0.1) is 0 Å². The van der Waals surface area contributed by atoms with E-state index in [9.17, 15) is 9.59 Å². The van der Waals surface area contributed by atoms with Crippen LogP contribution in [0.4, 0.5) is 0 Å². The van der Waals surface area contributed by atoms with Crippen molar-refractivity contribution < 1.29 is 28.5 Å². The maximum Gasteiger partial charge on any atom is 0.305 e. The van der Waals surface area contributed by atoms with E-state index < -0.39 is 0 Å². The summed E-state index contributed by atoms with van der Waals surface area (Å²) in [4.78, 5) is 24.1. The Morgan fingerprint density at radius 1 is 0.667 bits per heavy atom. The Bertz CT molecular complexity index is 845. The van der Waals surface area contributed by atoms with Crippen LogP contribution in [0.1, 0.15) is 74.3 Å². The molecule has 0 radical (unpaired) electrons. The molecule has 0 aliphatic carbocycles. The minimum absolute atomic E-state index is 0.108. The molecule has 0 aromatic heterocycles. The van der Waals surface area contributed by atoms with E-state index in [0.717, 1.165) is 38.5 Å². The number of hydrogen-bond acceptors (Lipinski definition) is 6. The standard InChI is InChI=1S/C30H38O6/c31-29(35-21-25-19-33-25)17-9-7-15-27(23-11-3-1-4-12-23)28(24-13-5-2-6-14-24)16-8-10-18-30(32)36-22-26-20-34-26/h1-6,11-14,25-28H,7-10,15-22H2. The van der Waals surface area contributed by atoms with Crippen molar-refractivity contribution in [2.75, 3.05) is 26.4 Å². The van der Waals surface area contributed by atoms with Gasteiger partial charge in [-0.2, -0.15) is 0 Å². The predicted molar refractivity (Wildman–Crippen MR) is 137 cm³/mol. The Labute approximate surface area is 214 Å². The van der Waals surface area contributed by atoms with Gasteiger partial charge in [0.25, 0.3) is 0 Å². The first-order valence-electron chi connectivity index (χ1n) is 13.3. The Morgan fingerprint density at radius 2 is 1.06 bits per heavy atom. The van der Waals surface area contributed by atoms with E-state index in [4.69, 9.17) is 18.9 Å². The van der Waals surface area contributed by atoms with Crippen LogP contribution in [0, 0.1) is 0 Å². The van der Waals surface area contributed by atoms with Crippen LogP contribution in [0.15, 0.2) is 60.7 Å². The van der Waals surface area contributed by atoms with Crippen LogP contribution >= 0.6 is 0 Å². The molecule has 0 N–H and O–H groups in total. The van der Waals surface area contributed by atoms with Gasteiger partial charge in [-0.3, -0.25) is 9.59 Å². The van der Waals surface area contributed by atoms with Gasteiger partial charge in [0.05, 0.1) is 13.2 Å². The molecular formula is C30H38O6. The highest BCUT2D eigenvalue weighted by Crippen LogP contribution is 2.40. The summed E-state index contributed by atoms with van der Waals surface area (Å²) in [6.45, 7) is 2.15. The molecule has 194 valence electrons. The molecule has 6 heteroatoms. The number of hydrogen-bond donors (Lipinski definition) is 0. The molecule has 4 unspecified atom stereocenters. The summed E-state index contributed by atoms with van der Waals surface area (Å²) in [5.74, 6) is 0.398. The van der Waals surface area contributed by atoms with Crippen molar-refractivity contribution in [2.24, 2.45) is 0 Å². The van der Waals surface area contributed by atoms with Crippen molar-refractivity contribution in [1.82, 2.24) is 0 Å². The van der Waals surface area contributed by atoms with E-state index in [-0.39, 0.29) is 24.1 Å². The van der Waals surface area contributed by atoms with Gasteiger partial charge < -0.3 is 18.9 Å². The zero-order chi connectivity index (χ0) is 25.0. The van der Waals surface area contributed by atoms with Gasteiger partial charge in [-0.05, 0) is 48.6 Å². The fourth-order valence-corrected chi connectivity index (χ4v) is 4.71. The first kappa shape index (κ1) is 26.4. The zero-order valence-corrected chi connectivity index (χ0v) is 21.0. The predicted octanol–water partition coefficient (Wildman–Crippen LogP) is 5.56. The minimum atomic E-state index is -0.137. The topological polar surface area (TPSA) is 77.7 Å². The Morgan fingerprint density at radius 3 is 1.42 bits per heavy atom. The highest BCUT2D eigenvalue weighted by atomic mass is 16.6. The van der Waals surface area contributed by atoms with Crippen molar-refractivity contribution in [1.29, 1.82) is 0 Å². The number of ether oxygens (including phenoxy) is 4. The number of benzene rings is 2. The van der Waals surface area contributed by atoms with Crippen molar-refractivity contribution >= 4 is 11.9 Å². The molecule has 2 heterocycles. The Kier molecular flexibility index (Phi) is 10.4. The maximum absolute atomic E-state index is 12.0. The highest BCUT2D eigenvalue weighted by Gasteiger charge is 2.26. The number of unbranched alkanes of at least 4 members (excludes halogenated alkanes) is 2. The number of carbonyl (C=O) groups is 2. The monoisotopic (exact) mass is 494 g/mol. The van der Waals surface area contributed by atoms with E-state index in [2.05, 4.69) is 60.7 Å². The largest absolute Gasteiger partial charge is 0.463 e. The van der Waals surface area contributed by atoms with Crippen LogP contribution < -0.4 is 0 Å². The fourth-order valence-electron chi connectivity index (χ4n) is 4.71. The summed E-state index contributed by atoms with van der Waals surface area (Å²) in [7, 11) is 0. The van der Waals surface area contributed by atoms with Gasteiger partial charge in [0.2, 0.25) is 0 Å². The van der Waals surface area contributed by atoms with E-state index in [1.54, 1.807) is 0 Å². The zero-order valence-electron chi connectivity index (χ0n) is 21.0. The highest BCUT2D eigenvalue weighted by molar-refractivity contribution is 5.69. The van der Waals surface area contributed by atoms with Gasteiger partial charge in [0.15, 0.2) is 0 Å². The molecule has 2 fully saturated rings. The smallest absolute Gasteiger partial charge is 0.305 e.